The fourth-order valence-electron chi connectivity index (χ4n) is 3.97. The largest absolute Gasteiger partial charge is 0.416 e. The number of amides is 1. The number of alkyl halides is 3. The molecule has 0 bridgehead atoms. The Morgan fingerprint density at radius 3 is 2.11 bits per heavy atom. The number of carbonyl (C=O) groups is 1. The highest BCUT2D eigenvalue weighted by molar-refractivity contribution is 8.02. The fourth-order valence-corrected chi connectivity index (χ4v) is 5.34. The first-order chi connectivity index (χ1) is 17.8. The lowest BCUT2D eigenvalue weighted by Gasteiger charge is -2.20. The van der Waals surface area contributed by atoms with E-state index in [-0.39, 0.29) is 16.3 Å². The van der Waals surface area contributed by atoms with E-state index >= 15 is 0 Å². The predicted octanol–water partition coefficient (Wildman–Crippen LogP) is 8.62. The highest BCUT2D eigenvalue weighted by atomic mass is 35.5. The van der Waals surface area contributed by atoms with E-state index in [1.165, 1.54) is 40.6 Å². The number of nitrogens with zero attached hydrogens (tertiary/aromatic N) is 1. The van der Waals surface area contributed by atoms with Crippen molar-refractivity contribution in [2.24, 2.45) is 0 Å². The summed E-state index contributed by atoms with van der Waals surface area (Å²) >= 11 is 7.58. The molecule has 1 amide bonds. The van der Waals surface area contributed by atoms with E-state index in [2.05, 4.69) is 31.4 Å². The molecule has 0 aliphatic rings. The van der Waals surface area contributed by atoms with Crippen molar-refractivity contribution in [2.45, 2.75) is 46.5 Å². The van der Waals surface area contributed by atoms with Gasteiger partial charge < -0.3 is 10.6 Å². The molecule has 9 heteroatoms. The molecule has 0 atom stereocenters. The number of thioether (sulfide) groups is 1. The average Bonchev–Trinajstić information content (AvgIpc) is 2.87. The van der Waals surface area contributed by atoms with Crippen LogP contribution in [0.15, 0.2) is 59.1 Å². The van der Waals surface area contributed by atoms with Gasteiger partial charge in [-0.25, -0.2) is 0 Å². The van der Waals surface area contributed by atoms with Crippen molar-refractivity contribution < 1.29 is 18.0 Å². The Balaban J connectivity index is 2.02. The molecule has 0 spiro atoms. The third-order valence-corrected chi connectivity index (χ3v) is 8.01. The van der Waals surface area contributed by atoms with Crippen molar-refractivity contribution in [3.8, 4) is 6.07 Å². The molecule has 0 fully saturated rings. The van der Waals surface area contributed by atoms with E-state index in [1.54, 1.807) is 24.3 Å². The molecule has 198 valence electrons. The number of carbonyl (C=O) groups excluding carboxylic acids is 1. The quantitative estimate of drug-likeness (QED) is 0.225. The number of halogens is 4. The van der Waals surface area contributed by atoms with Crippen LogP contribution in [-0.4, -0.2) is 5.91 Å². The molecule has 0 aromatic heterocycles. The van der Waals surface area contributed by atoms with E-state index in [9.17, 15) is 23.2 Å². The number of benzene rings is 3. The highest BCUT2D eigenvalue weighted by Gasteiger charge is 2.30. The highest BCUT2D eigenvalue weighted by Crippen LogP contribution is 2.35. The van der Waals surface area contributed by atoms with Crippen molar-refractivity contribution in [3.63, 3.8) is 0 Å². The number of rotatable bonds is 7. The van der Waals surface area contributed by atoms with Gasteiger partial charge in [-0.3, -0.25) is 4.79 Å². The average molecular weight is 558 g/mol. The van der Waals surface area contributed by atoms with Gasteiger partial charge in [0.05, 0.1) is 21.3 Å². The molecule has 3 aromatic carbocycles. The summed E-state index contributed by atoms with van der Waals surface area (Å²) in [5, 5.41) is 16.1. The topological polar surface area (TPSA) is 64.9 Å². The van der Waals surface area contributed by atoms with Crippen molar-refractivity contribution in [1.82, 2.24) is 0 Å². The van der Waals surface area contributed by atoms with Crippen LogP contribution in [0, 0.1) is 45.9 Å². The van der Waals surface area contributed by atoms with Crippen LogP contribution in [-0.2, 0) is 16.7 Å². The van der Waals surface area contributed by atoms with Gasteiger partial charge in [0.1, 0.15) is 11.6 Å². The molecular formula is C29H27ClF3N3OS. The van der Waals surface area contributed by atoms with Crippen LogP contribution in [0.25, 0.3) is 0 Å². The number of para-hydroxylation sites is 1. The summed E-state index contributed by atoms with van der Waals surface area (Å²) in [6.45, 7) is 10.3. The van der Waals surface area contributed by atoms with E-state index in [1.807, 2.05) is 19.9 Å². The summed E-state index contributed by atoms with van der Waals surface area (Å²) in [6.07, 6.45) is -4.57. The molecule has 38 heavy (non-hydrogen) atoms. The van der Waals surface area contributed by atoms with Crippen LogP contribution in [0.3, 0.4) is 0 Å². The van der Waals surface area contributed by atoms with Crippen LogP contribution in [0.1, 0.15) is 38.9 Å². The summed E-state index contributed by atoms with van der Waals surface area (Å²) in [5.41, 5.74) is 6.15. The molecule has 0 saturated carbocycles. The van der Waals surface area contributed by atoms with Crippen LogP contribution in [0.4, 0.5) is 24.5 Å². The van der Waals surface area contributed by atoms with Crippen LogP contribution < -0.4 is 10.6 Å². The molecule has 0 aliphatic heterocycles. The Hall–Kier alpha value is -3.41. The van der Waals surface area contributed by atoms with E-state index in [4.69, 9.17) is 11.6 Å². The van der Waals surface area contributed by atoms with Crippen molar-refractivity contribution in [1.29, 1.82) is 5.26 Å². The Kier molecular flexibility index (Phi) is 9.18. The summed E-state index contributed by atoms with van der Waals surface area (Å²) in [5.74, 6) is -0.382. The van der Waals surface area contributed by atoms with Crippen LogP contribution >= 0.6 is 23.4 Å². The molecule has 3 aromatic rings. The van der Waals surface area contributed by atoms with E-state index in [0.717, 1.165) is 28.8 Å². The van der Waals surface area contributed by atoms with Gasteiger partial charge >= 0.3 is 6.18 Å². The maximum Gasteiger partial charge on any atom is 0.416 e. The molecule has 4 nitrogen and oxygen atoms in total. The lowest BCUT2D eigenvalue weighted by Crippen LogP contribution is -2.18. The minimum absolute atomic E-state index is 0.0730. The zero-order valence-corrected chi connectivity index (χ0v) is 23.2. The van der Waals surface area contributed by atoms with Crippen LogP contribution in [0.2, 0.25) is 5.02 Å². The zero-order valence-electron chi connectivity index (χ0n) is 21.6. The fraction of sp³-hybridized carbons (Fsp3) is 0.241. The second-order valence-electron chi connectivity index (χ2n) is 8.85. The van der Waals surface area contributed by atoms with Gasteiger partial charge in [0, 0.05) is 11.4 Å². The summed E-state index contributed by atoms with van der Waals surface area (Å²) in [6, 6.07) is 13.1. The molecular weight excluding hydrogens is 531 g/mol. The van der Waals surface area contributed by atoms with Gasteiger partial charge in [0.2, 0.25) is 0 Å². The monoisotopic (exact) mass is 557 g/mol. The number of anilines is 2. The summed E-state index contributed by atoms with van der Waals surface area (Å²) in [4.78, 5) is 13.2. The van der Waals surface area contributed by atoms with Crippen molar-refractivity contribution in [3.05, 3.63) is 103 Å². The van der Waals surface area contributed by atoms with Crippen molar-refractivity contribution in [2.75, 3.05) is 10.6 Å². The van der Waals surface area contributed by atoms with Gasteiger partial charge in [-0.1, -0.05) is 29.8 Å². The SMILES string of the molecule is Cc1c(C)c(C)c(CS/C(Nc2ccccc2Cl)=C(\C#N)C(=O)Nc2cccc(C(F)(F)F)c2)c(C)c1C. The van der Waals surface area contributed by atoms with Gasteiger partial charge in [-0.2, -0.15) is 18.4 Å². The molecule has 0 aliphatic carbocycles. The summed E-state index contributed by atoms with van der Waals surface area (Å²) < 4.78 is 39.4. The van der Waals surface area contributed by atoms with Gasteiger partial charge in [-0.15, -0.1) is 11.8 Å². The second-order valence-corrected chi connectivity index (χ2v) is 10.2. The van der Waals surface area contributed by atoms with Crippen molar-refractivity contribution >= 4 is 40.6 Å². The van der Waals surface area contributed by atoms with E-state index < -0.39 is 17.6 Å². The standard InChI is InChI=1S/C29H27ClF3N3OS/c1-16-17(2)19(4)24(20(5)18(16)3)15-38-28(36-26-12-7-6-11-25(26)30)23(14-34)27(37)35-22-10-8-9-21(13-22)29(31,32)33/h6-13,36H,15H2,1-5H3,(H,35,37)/b28-23+. The molecule has 0 radical (unpaired) electrons. The predicted molar refractivity (Wildman–Crippen MR) is 149 cm³/mol. The normalized spacial score (nSPS) is 12.0. The maximum absolute atomic E-state index is 13.2. The Labute approximate surface area is 229 Å². The number of hydrogen-bond donors (Lipinski definition) is 2. The van der Waals surface area contributed by atoms with Crippen LogP contribution in [0.5, 0.6) is 0 Å². The maximum atomic E-state index is 13.2. The Morgan fingerprint density at radius 2 is 1.53 bits per heavy atom. The first kappa shape index (κ1) is 29.2. The number of nitriles is 1. The molecule has 0 saturated heterocycles. The smallest absolute Gasteiger partial charge is 0.348 e. The third kappa shape index (κ3) is 6.53. The lowest BCUT2D eigenvalue weighted by molar-refractivity contribution is -0.137. The number of nitrogens with one attached hydrogen (secondary N) is 2. The minimum atomic E-state index is -4.57. The molecule has 3 rings (SSSR count). The molecule has 0 heterocycles. The lowest BCUT2D eigenvalue weighted by atomic mass is 9.90. The third-order valence-electron chi connectivity index (χ3n) is 6.65. The summed E-state index contributed by atoms with van der Waals surface area (Å²) in [7, 11) is 0. The first-order valence-electron chi connectivity index (χ1n) is 11.7. The van der Waals surface area contributed by atoms with E-state index in [0.29, 0.717) is 16.5 Å². The Morgan fingerprint density at radius 1 is 0.921 bits per heavy atom. The second kappa shape index (κ2) is 12.0. The minimum Gasteiger partial charge on any atom is -0.348 e. The molecule has 0 unspecified atom stereocenters. The molecule has 2 N–H and O–H groups in total. The first-order valence-corrected chi connectivity index (χ1v) is 13.0. The number of hydrogen-bond acceptors (Lipinski definition) is 4. The van der Waals surface area contributed by atoms with Gasteiger partial charge in [0.25, 0.3) is 5.91 Å². The Bertz CT molecular complexity index is 1430. The zero-order chi connectivity index (χ0) is 28.2. The van der Waals surface area contributed by atoms with Gasteiger partial charge in [-0.05, 0) is 98.3 Å². The van der Waals surface area contributed by atoms with Gasteiger partial charge in [0.15, 0.2) is 0 Å².